The molecule has 7 rings (SSSR count). The monoisotopic (exact) mass is 490 g/mol. The van der Waals surface area contributed by atoms with Gasteiger partial charge in [0.25, 0.3) is 5.91 Å². The van der Waals surface area contributed by atoms with Crippen LogP contribution in [0, 0.1) is 5.92 Å². The van der Waals surface area contributed by atoms with Gasteiger partial charge in [0.2, 0.25) is 0 Å². The summed E-state index contributed by atoms with van der Waals surface area (Å²) in [6, 6.07) is 12.9. The van der Waals surface area contributed by atoms with E-state index in [9.17, 15) is 15.0 Å². The number of piperidine rings is 1. The number of rotatable bonds is 6. The van der Waals surface area contributed by atoms with Crippen molar-refractivity contribution in [2.75, 3.05) is 26.7 Å². The Hall–Kier alpha value is -2.77. The van der Waals surface area contributed by atoms with Gasteiger partial charge in [0.15, 0.2) is 18.1 Å². The molecule has 2 aromatic rings. The summed E-state index contributed by atoms with van der Waals surface area (Å²) in [5.41, 5.74) is 0.584. The van der Waals surface area contributed by atoms with Gasteiger partial charge in [-0.05, 0) is 74.8 Å². The molecule has 0 aromatic heterocycles. The summed E-state index contributed by atoms with van der Waals surface area (Å²) in [6.45, 7) is 1.90. The predicted octanol–water partition coefficient (Wildman–Crippen LogP) is 2.86. The number of hydrogen-bond acceptors (Lipinski definition) is 6. The first-order valence-corrected chi connectivity index (χ1v) is 13.3. The maximum atomic E-state index is 13.3. The average molecular weight is 491 g/mol. The molecule has 2 aromatic carbocycles. The Morgan fingerprint density at radius 3 is 2.75 bits per heavy atom. The van der Waals surface area contributed by atoms with Gasteiger partial charge in [0.05, 0.1) is 17.1 Å². The predicted molar refractivity (Wildman–Crippen MR) is 133 cm³/mol. The van der Waals surface area contributed by atoms with Crippen molar-refractivity contribution in [3.63, 3.8) is 0 Å². The van der Waals surface area contributed by atoms with E-state index in [2.05, 4.69) is 4.90 Å². The van der Waals surface area contributed by atoms with Gasteiger partial charge in [-0.25, -0.2) is 0 Å². The van der Waals surface area contributed by atoms with E-state index in [1.54, 1.807) is 11.0 Å². The molecule has 2 N–H and O–H groups in total. The lowest BCUT2D eigenvalue weighted by atomic mass is 9.48. The first kappa shape index (κ1) is 22.4. The molecular weight excluding hydrogens is 456 g/mol. The molecule has 7 nitrogen and oxygen atoms in total. The summed E-state index contributed by atoms with van der Waals surface area (Å²) in [6.07, 6.45) is 4.95. The number of likely N-dealkylation sites (N-methyl/N-ethyl adjacent to an activating group) is 1. The smallest absolute Gasteiger partial charge is 0.260 e. The molecule has 5 aliphatic rings. The second-order valence-electron chi connectivity index (χ2n) is 11.5. The first-order chi connectivity index (χ1) is 17.4. The molecule has 3 fully saturated rings. The van der Waals surface area contributed by atoms with Crippen molar-refractivity contribution in [3.8, 4) is 17.2 Å². The summed E-state index contributed by atoms with van der Waals surface area (Å²) >= 11 is 0. The lowest BCUT2D eigenvalue weighted by Gasteiger charge is -2.64. The van der Waals surface area contributed by atoms with Crippen molar-refractivity contribution in [1.82, 2.24) is 9.80 Å². The van der Waals surface area contributed by atoms with Crippen molar-refractivity contribution in [3.05, 3.63) is 53.6 Å². The van der Waals surface area contributed by atoms with Crippen LogP contribution >= 0.6 is 0 Å². The number of carbonyl (C=O) groups excluding carboxylic acids is 1. The Labute approximate surface area is 211 Å². The summed E-state index contributed by atoms with van der Waals surface area (Å²) in [5, 5.41) is 23.4. The molecule has 3 aliphatic carbocycles. The zero-order chi connectivity index (χ0) is 24.7. The third-order valence-electron chi connectivity index (χ3n) is 9.73. The van der Waals surface area contributed by atoms with Crippen LogP contribution in [0.2, 0.25) is 0 Å². The van der Waals surface area contributed by atoms with E-state index in [0.717, 1.165) is 37.4 Å². The molecule has 36 heavy (non-hydrogen) atoms. The Morgan fingerprint density at radius 2 is 1.97 bits per heavy atom. The van der Waals surface area contributed by atoms with Gasteiger partial charge < -0.3 is 24.6 Å². The van der Waals surface area contributed by atoms with Crippen molar-refractivity contribution in [1.29, 1.82) is 0 Å². The molecule has 2 saturated carbocycles. The number of aliphatic hydroxyl groups is 1. The van der Waals surface area contributed by atoms with E-state index in [4.69, 9.17) is 9.47 Å². The Kier molecular flexibility index (Phi) is 4.90. The molecule has 5 atom stereocenters. The van der Waals surface area contributed by atoms with Gasteiger partial charge in [-0.1, -0.05) is 24.3 Å². The van der Waals surface area contributed by atoms with Crippen molar-refractivity contribution >= 4 is 5.91 Å². The van der Waals surface area contributed by atoms with Crippen LogP contribution in [-0.2, 0) is 16.6 Å². The lowest BCUT2D eigenvalue weighted by Crippen LogP contribution is -2.78. The van der Waals surface area contributed by atoms with Crippen LogP contribution in [0.15, 0.2) is 42.5 Å². The Bertz CT molecular complexity index is 1200. The number of carbonyl (C=O) groups is 1. The second kappa shape index (κ2) is 7.86. The number of amides is 1. The van der Waals surface area contributed by atoms with E-state index in [1.165, 1.54) is 18.4 Å². The van der Waals surface area contributed by atoms with E-state index in [0.29, 0.717) is 24.3 Å². The van der Waals surface area contributed by atoms with Crippen LogP contribution in [0.4, 0.5) is 0 Å². The van der Waals surface area contributed by atoms with E-state index in [1.807, 2.05) is 43.4 Å². The third-order valence-corrected chi connectivity index (χ3v) is 9.73. The summed E-state index contributed by atoms with van der Waals surface area (Å²) in [7, 11) is 1.82. The Morgan fingerprint density at radius 1 is 1.17 bits per heavy atom. The van der Waals surface area contributed by atoms with Crippen molar-refractivity contribution in [2.24, 2.45) is 5.92 Å². The minimum absolute atomic E-state index is 0.0318. The van der Waals surface area contributed by atoms with E-state index >= 15 is 0 Å². The zero-order valence-corrected chi connectivity index (χ0v) is 20.7. The quantitative estimate of drug-likeness (QED) is 0.648. The highest BCUT2D eigenvalue weighted by Crippen LogP contribution is 2.66. The fourth-order valence-electron chi connectivity index (χ4n) is 7.80. The molecule has 1 saturated heterocycles. The first-order valence-electron chi connectivity index (χ1n) is 13.3. The summed E-state index contributed by atoms with van der Waals surface area (Å²) in [5.74, 6) is 1.93. The van der Waals surface area contributed by atoms with Crippen LogP contribution in [0.25, 0.3) is 0 Å². The fraction of sp³-hybridized carbons (Fsp3) is 0.552. The topological polar surface area (TPSA) is 82.5 Å². The number of hydrogen-bond donors (Lipinski definition) is 2. The minimum atomic E-state index is -0.947. The van der Waals surface area contributed by atoms with Crippen LogP contribution in [0.3, 0.4) is 0 Å². The summed E-state index contributed by atoms with van der Waals surface area (Å²) < 4.78 is 12.3. The fourth-order valence-corrected chi connectivity index (χ4v) is 7.80. The van der Waals surface area contributed by atoms with Gasteiger partial charge in [-0.3, -0.25) is 9.69 Å². The maximum Gasteiger partial charge on any atom is 0.260 e. The highest BCUT2D eigenvalue weighted by Gasteiger charge is 2.73. The summed E-state index contributed by atoms with van der Waals surface area (Å²) in [4.78, 5) is 17.5. The number of para-hydroxylation sites is 1. The van der Waals surface area contributed by atoms with Crippen LogP contribution < -0.4 is 9.47 Å². The number of benzene rings is 2. The van der Waals surface area contributed by atoms with Gasteiger partial charge in [0.1, 0.15) is 11.9 Å². The molecule has 2 heterocycles. The average Bonchev–Trinajstić information content (AvgIpc) is 3.63. The van der Waals surface area contributed by atoms with Crippen LogP contribution in [-0.4, -0.2) is 76.5 Å². The molecular formula is C29H34N2O5. The van der Waals surface area contributed by atoms with Crippen molar-refractivity contribution in [2.45, 2.75) is 67.7 Å². The maximum absolute atomic E-state index is 13.3. The molecule has 1 amide bonds. The number of likely N-dealkylation sites (tertiary alicyclic amines) is 1. The number of phenols is 1. The molecule has 2 aliphatic heterocycles. The molecule has 2 bridgehead atoms. The zero-order valence-electron chi connectivity index (χ0n) is 20.7. The third kappa shape index (κ3) is 3.02. The molecule has 190 valence electrons. The molecule has 1 spiro atoms. The number of aromatic hydroxyl groups is 1. The Balaban J connectivity index is 1.23. The largest absolute Gasteiger partial charge is 0.504 e. The van der Waals surface area contributed by atoms with Gasteiger partial charge in [-0.15, -0.1) is 0 Å². The SMILES string of the molecule is CN(C(=O)COc1ccccc1)[C@@H]1CC[C@@]2(O)[C@H]3Cc4ccc(O)c5c4[C@@]2(CCN3CC2CC2)[C@H]1O5. The highest BCUT2D eigenvalue weighted by atomic mass is 16.5. The minimum Gasteiger partial charge on any atom is -0.504 e. The lowest BCUT2D eigenvalue weighted by molar-refractivity contribution is -0.200. The van der Waals surface area contributed by atoms with Crippen LogP contribution in [0.1, 0.15) is 43.2 Å². The van der Waals surface area contributed by atoms with Gasteiger partial charge in [0, 0.05) is 25.2 Å². The molecule has 0 unspecified atom stereocenters. The van der Waals surface area contributed by atoms with Crippen LogP contribution in [0.5, 0.6) is 17.2 Å². The molecule has 7 heteroatoms. The van der Waals surface area contributed by atoms with E-state index < -0.39 is 17.1 Å². The van der Waals surface area contributed by atoms with Crippen molar-refractivity contribution < 1.29 is 24.5 Å². The standard InChI is InChI=1S/C29H34N2O5/c1-30(24(33)17-35-20-5-3-2-4-6-20)21-11-12-29(34)23-15-19-9-10-22(32)26-25(19)28(29,27(21)36-26)13-14-31(23)16-18-7-8-18/h2-6,9-10,18,21,23,27,32,34H,7-8,11-17H2,1H3/t21-,23-,27+,28+,29-/m1/s1. The van der Waals surface area contributed by atoms with Gasteiger partial charge in [-0.2, -0.15) is 0 Å². The number of ether oxygens (including phenoxy) is 2. The number of nitrogens with zero attached hydrogens (tertiary/aromatic N) is 2. The number of phenolic OH excluding ortho intramolecular Hbond substituents is 1. The molecule has 0 radical (unpaired) electrons. The highest BCUT2D eigenvalue weighted by molar-refractivity contribution is 5.78. The van der Waals surface area contributed by atoms with Gasteiger partial charge >= 0.3 is 0 Å². The van der Waals surface area contributed by atoms with E-state index in [-0.39, 0.29) is 30.3 Å². The normalized spacial score (nSPS) is 34.0. The second-order valence-corrected chi connectivity index (χ2v) is 11.5.